The fourth-order valence-electron chi connectivity index (χ4n) is 5.49. The molecule has 0 aliphatic carbocycles. The molecule has 0 saturated heterocycles. The molecule has 8 rings (SSSR count). The number of carbonyl (C=O) groups is 1. The zero-order chi connectivity index (χ0) is 41.0. The molecule has 0 aromatic heterocycles. The van der Waals surface area contributed by atoms with E-state index in [1.165, 1.54) is 0 Å². The third kappa shape index (κ3) is 11.3. The zero-order valence-corrected chi connectivity index (χ0v) is 31.7. The van der Waals surface area contributed by atoms with Crippen LogP contribution >= 0.6 is 0 Å². The Kier molecular flexibility index (Phi) is 12.2. The molecule has 0 amide bonds. The van der Waals surface area contributed by atoms with E-state index in [9.17, 15) is 4.79 Å². The molecule has 0 aliphatic heterocycles. The zero-order valence-electron chi connectivity index (χ0n) is 31.7. The summed E-state index contributed by atoms with van der Waals surface area (Å²) in [6, 6.07) is 57.6. The lowest BCUT2D eigenvalue weighted by Crippen LogP contribution is -2.01. The first-order valence-corrected chi connectivity index (χ1v) is 18.5. The van der Waals surface area contributed by atoms with Crippen molar-refractivity contribution in [3.05, 3.63) is 205 Å². The highest BCUT2D eigenvalue weighted by molar-refractivity contribution is 6.09. The van der Waals surface area contributed by atoms with Crippen molar-refractivity contribution < 1.29 is 28.5 Å². The summed E-state index contributed by atoms with van der Waals surface area (Å²) in [6.07, 6.45) is 0. The van der Waals surface area contributed by atoms with Gasteiger partial charge in [0.05, 0.1) is 0 Å². The Hall–Kier alpha value is -8.37. The Labute approximate surface area is 341 Å². The smallest absolute Gasteiger partial charge is 0.193 e. The lowest BCUT2D eigenvalue weighted by atomic mass is 10.0. The quantitative estimate of drug-likeness (QED) is 0.0692. The van der Waals surface area contributed by atoms with Crippen LogP contribution in [0.15, 0.2) is 194 Å². The Morgan fingerprint density at radius 3 is 0.542 bits per heavy atom. The van der Waals surface area contributed by atoms with E-state index in [2.05, 4.69) is 0 Å². The molecule has 0 spiro atoms. The van der Waals surface area contributed by atoms with Gasteiger partial charge in [0.1, 0.15) is 57.5 Å². The van der Waals surface area contributed by atoms with Gasteiger partial charge in [-0.1, -0.05) is 0 Å². The number of ether oxygens (including phenoxy) is 5. The Bertz CT molecular complexity index is 2380. The van der Waals surface area contributed by atoms with E-state index in [1.54, 1.807) is 121 Å². The van der Waals surface area contributed by atoms with Crippen molar-refractivity contribution in [1.29, 1.82) is 0 Å². The Morgan fingerprint density at radius 2 is 0.373 bits per heavy atom. The number of hydrogen-bond acceptors (Lipinski definition) is 10. The van der Waals surface area contributed by atoms with Crippen molar-refractivity contribution in [1.82, 2.24) is 0 Å². The third-order valence-corrected chi connectivity index (χ3v) is 8.58. The average molecular weight is 781 g/mol. The summed E-state index contributed by atoms with van der Waals surface area (Å²) in [6.45, 7) is 0. The van der Waals surface area contributed by atoms with Gasteiger partial charge in [-0.3, -0.25) is 4.79 Å². The Balaban J connectivity index is 0.000000179. The summed E-state index contributed by atoms with van der Waals surface area (Å²) < 4.78 is 29.0. The van der Waals surface area contributed by atoms with Crippen molar-refractivity contribution in [2.75, 3.05) is 22.9 Å². The Morgan fingerprint density at radius 1 is 0.237 bits per heavy atom. The van der Waals surface area contributed by atoms with Gasteiger partial charge in [0, 0.05) is 33.9 Å². The highest BCUT2D eigenvalue weighted by Crippen LogP contribution is 2.30. The largest absolute Gasteiger partial charge is 0.457 e. The summed E-state index contributed by atoms with van der Waals surface area (Å²) in [5.74, 6) is 6.88. The van der Waals surface area contributed by atoms with Gasteiger partial charge in [-0.05, 0) is 194 Å². The molecule has 0 aliphatic rings. The predicted molar refractivity (Wildman–Crippen MR) is 233 cm³/mol. The van der Waals surface area contributed by atoms with Crippen LogP contribution in [0.4, 0.5) is 22.7 Å². The summed E-state index contributed by atoms with van der Waals surface area (Å²) >= 11 is 0. The number of carbonyl (C=O) groups excluding carboxylic acids is 1. The van der Waals surface area contributed by atoms with E-state index >= 15 is 0 Å². The van der Waals surface area contributed by atoms with Crippen LogP contribution in [0.5, 0.6) is 57.5 Å². The lowest BCUT2D eigenvalue weighted by molar-refractivity contribution is 0.103. The molecule has 8 aromatic rings. The van der Waals surface area contributed by atoms with E-state index in [4.69, 9.17) is 46.6 Å². The molecule has 10 nitrogen and oxygen atoms in total. The monoisotopic (exact) mass is 780 g/mol. The number of rotatable bonds is 12. The van der Waals surface area contributed by atoms with Gasteiger partial charge in [-0.2, -0.15) is 0 Å². The van der Waals surface area contributed by atoms with E-state index in [1.807, 2.05) is 72.8 Å². The third-order valence-electron chi connectivity index (χ3n) is 8.58. The molecule has 59 heavy (non-hydrogen) atoms. The van der Waals surface area contributed by atoms with Crippen LogP contribution in [0.2, 0.25) is 0 Å². The van der Waals surface area contributed by atoms with Crippen LogP contribution in [0.25, 0.3) is 0 Å². The van der Waals surface area contributed by atoms with Crippen molar-refractivity contribution in [3.63, 3.8) is 0 Å². The molecule has 8 aromatic carbocycles. The van der Waals surface area contributed by atoms with Crippen molar-refractivity contribution in [2.24, 2.45) is 0 Å². The van der Waals surface area contributed by atoms with Crippen molar-refractivity contribution >= 4 is 28.5 Å². The fraction of sp³-hybridized carbons (Fsp3) is 0. The first-order valence-electron chi connectivity index (χ1n) is 18.5. The van der Waals surface area contributed by atoms with Crippen molar-refractivity contribution in [2.45, 2.75) is 0 Å². The van der Waals surface area contributed by atoms with Crippen LogP contribution < -0.4 is 46.6 Å². The second-order valence-corrected chi connectivity index (χ2v) is 13.1. The molecule has 0 fully saturated rings. The first-order chi connectivity index (χ1) is 28.7. The average Bonchev–Trinajstić information content (AvgIpc) is 3.26. The molecule has 0 unspecified atom stereocenters. The number of hydrogen-bond donors (Lipinski definition) is 4. The number of nitrogen functional groups attached to an aromatic ring is 4. The molecule has 8 N–H and O–H groups in total. The van der Waals surface area contributed by atoms with Crippen molar-refractivity contribution in [3.8, 4) is 57.5 Å². The van der Waals surface area contributed by atoms with Crippen LogP contribution in [0, 0.1) is 0 Å². The maximum atomic E-state index is 12.8. The van der Waals surface area contributed by atoms with E-state index in [-0.39, 0.29) is 5.78 Å². The molecule has 0 atom stereocenters. The fourth-order valence-corrected chi connectivity index (χ4v) is 5.49. The maximum Gasteiger partial charge on any atom is 0.193 e. The molecule has 0 heterocycles. The minimum absolute atomic E-state index is 0.0759. The van der Waals surface area contributed by atoms with E-state index in [0.29, 0.717) is 68.4 Å². The molecule has 10 heteroatoms. The van der Waals surface area contributed by atoms with E-state index in [0.717, 1.165) is 23.0 Å². The lowest BCUT2D eigenvalue weighted by Gasteiger charge is -2.10. The van der Waals surface area contributed by atoms with Gasteiger partial charge in [-0.25, -0.2) is 0 Å². The second-order valence-electron chi connectivity index (χ2n) is 13.1. The first kappa shape index (κ1) is 38.9. The van der Waals surface area contributed by atoms with Gasteiger partial charge in [0.15, 0.2) is 5.78 Å². The number of nitrogens with two attached hydrogens (primary N) is 4. The number of ketones is 1. The summed E-state index contributed by atoms with van der Waals surface area (Å²) in [7, 11) is 0. The maximum absolute atomic E-state index is 12.8. The van der Waals surface area contributed by atoms with Gasteiger partial charge in [0.25, 0.3) is 0 Å². The second kappa shape index (κ2) is 18.5. The number of benzene rings is 8. The summed E-state index contributed by atoms with van der Waals surface area (Å²) in [4.78, 5) is 12.8. The normalized spacial score (nSPS) is 10.4. The summed E-state index contributed by atoms with van der Waals surface area (Å²) in [5, 5.41) is 0. The van der Waals surface area contributed by atoms with Gasteiger partial charge in [-0.15, -0.1) is 0 Å². The molecule has 0 saturated carbocycles. The van der Waals surface area contributed by atoms with Gasteiger partial charge in [0.2, 0.25) is 0 Å². The summed E-state index contributed by atoms with van der Waals surface area (Å²) in [5.41, 5.74) is 26.6. The molecule has 0 bridgehead atoms. The minimum Gasteiger partial charge on any atom is -0.457 e. The highest BCUT2D eigenvalue weighted by Gasteiger charge is 2.10. The van der Waals surface area contributed by atoms with Gasteiger partial charge >= 0.3 is 0 Å². The van der Waals surface area contributed by atoms with Crippen LogP contribution in [0.3, 0.4) is 0 Å². The van der Waals surface area contributed by atoms with Gasteiger partial charge < -0.3 is 46.6 Å². The topological polar surface area (TPSA) is 167 Å². The molecule has 292 valence electrons. The highest BCUT2D eigenvalue weighted by atomic mass is 16.5. The SMILES string of the molecule is Nc1ccc(Oc2ccc(C(=O)c3ccc(Oc4ccc(N)cc4)cc3)cc2)cc1.Nc1ccc(Oc2ccc(Oc3ccc(Oc4ccc(N)cc4)cc3)cc2)cc1. The predicted octanol–water partition coefficient (Wildman–Crippen LogP) is 11.9. The van der Waals surface area contributed by atoms with Crippen LogP contribution in [-0.4, -0.2) is 5.78 Å². The van der Waals surface area contributed by atoms with Crippen LogP contribution in [-0.2, 0) is 0 Å². The standard InChI is InChI=1S/C25H20N2O3.C24H20N2O3/c26-19-5-13-23(14-6-19)29-21-9-1-17(2-10-21)25(28)18-3-11-22(12-4-18)30-24-15-7-20(27)8-16-24;25-17-1-5-19(6-2-17)27-21-9-13-23(14-10-21)29-24-15-11-22(12-16-24)28-20-7-3-18(26)4-8-20/h1-16H,26-27H2;1-16H,25-26H2. The number of anilines is 4. The molecular formula is C49H40N4O6. The minimum atomic E-state index is -0.0759. The van der Waals surface area contributed by atoms with Crippen LogP contribution in [0.1, 0.15) is 15.9 Å². The molecule has 0 radical (unpaired) electrons. The molecular weight excluding hydrogens is 741 g/mol. The van der Waals surface area contributed by atoms with E-state index < -0.39 is 0 Å².